The molecule has 0 saturated heterocycles. The third-order valence-electron chi connectivity index (χ3n) is 3.00. The highest BCUT2D eigenvalue weighted by atomic mass is 16.5. The Morgan fingerprint density at radius 2 is 2.24 bits per heavy atom. The summed E-state index contributed by atoms with van der Waals surface area (Å²) < 4.78 is 10.1. The number of amides is 2. The second-order valence-corrected chi connectivity index (χ2v) is 4.60. The van der Waals surface area contributed by atoms with E-state index in [0.29, 0.717) is 24.6 Å². The Labute approximate surface area is 122 Å². The maximum Gasteiger partial charge on any atom is 0.317 e. The van der Waals surface area contributed by atoms with Gasteiger partial charge in [-0.3, -0.25) is 0 Å². The molecule has 0 unspecified atom stereocenters. The molecule has 21 heavy (non-hydrogen) atoms. The Kier molecular flexibility index (Phi) is 4.71. The van der Waals surface area contributed by atoms with Crippen LogP contribution in [0.2, 0.25) is 0 Å². The highest BCUT2D eigenvalue weighted by Gasteiger charge is 2.11. The first kappa shape index (κ1) is 14.8. The van der Waals surface area contributed by atoms with Crippen molar-refractivity contribution in [2.75, 3.05) is 14.2 Å². The van der Waals surface area contributed by atoms with Crippen LogP contribution in [0.5, 0.6) is 11.5 Å². The first-order valence-electron chi connectivity index (χ1n) is 6.47. The number of phenols is 1. The number of carbonyl (C=O) groups excluding carboxylic acids is 1. The molecule has 0 aliphatic carbocycles. The predicted molar refractivity (Wildman–Crippen MR) is 77.1 cm³/mol. The van der Waals surface area contributed by atoms with E-state index in [1.165, 1.54) is 12.0 Å². The zero-order valence-electron chi connectivity index (χ0n) is 12.0. The zero-order valence-corrected chi connectivity index (χ0v) is 12.0. The molecule has 2 aromatic rings. The van der Waals surface area contributed by atoms with Crippen molar-refractivity contribution in [3.8, 4) is 11.5 Å². The zero-order chi connectivity index (χ0) is 15.2. The lowest BCUT2D eigenvalue weighted by Gasteiger charge is -2.18. The first-order chi connectivity index (χ1) is 10.1. The van der Waals surface area contributed by atoms with Crippen LogP contribution < -0.4 is 10.1 Å². The van der Waals surface area contributed by atoms with Crippen molar-refractivity contribution >= 4 is 6.03 Å². The summed E-state index contributed by atoms with van der Waals surface area (Å²) in [5.41, 5.74) is 0.809. The number of furan rings is 1. The van der Waals surface area contributed by atoms with E-state index in [0.717, 1.165) is 5.56 Å². The number of nitrogens with one attached hydrogen (secondary N) is 1. The normalized spacial score (nSPS) is 10.2. The summed E-state index contributed by atoms with van der Waals surface area (Å²) in [5.74, 6) is 1.15. The summed E-state index contributed by atoms with van der Waals surface area (Å²) >= 11 is 0. The highest BCUT2D eigenvalue weighted by molar-refractivity contribution is 5.73. The van der Waals surface area contributed by atoms with Crippen LogP contribution in [0, 0.1) is 0 Å². The molecule has 1 aromatic heterocycles. The average Bonchev–Trinajstić information content (AvgIpc) is 2.98. The lowest BCUT2D eigenvalue weighted by atomic mass is 10.2. The van der Waals surface area contributed by atoms with Gasteiger partial charge in [0.05, 0.1) is 19.9 Å². The van der Waals surface area contributed by atoms with Gasteiger partial charge in [-0.1, -0.05) is 6.07 Å². The Hall–Kier alpha value is -2.63. The molecular formula is C15H18N2O4. The molecule has 2 N–H and O–H groups in total. The van der Waals surface area contributed by atoms with Crippen LogP contribution in [0.15, 0.2) is 41.0 Å². The number of hydrogen-bond acceptors (Lipinski definition) is 4. The second kappa shape index (κ2) is 6.69. The van der Waals surface area contributed by atoms with Crippen molar-refractivity contribution in [3.63, 3.8) is 0 Å². The predicted octanol–water partition coefficient (Wildman–Crippen LogP) is 2.34. The Morgan fingerprint density at radius 1 is 1.43 bits per heavy atom. The molecule has 112 valence electrons. The van der Waals surface area contributed by atoms with E-state index in [1.54, 1.807) is 43.6 Å². The summed E-state index contributed by atoms with van der Waals surface area (Å²) in [4.78, 5) is 13.5. The first-order valence-corrected chi connectivity index (χ1v) is 6.47. The van der Waals surface area contributed by atoms with Crippen LogP contribution in [-0.2, 0) is 13.1 Å². The van der Waals surface area contributed by atoms with Gasteiger partial charge in [0.25, 0.3) is 0 Å². The van der Waals surface area contributed by atoms with Gasteiger partial charge in [0.2, 0.25) is 0 Å². The molecule has 0 aliphatic heterocycles. The quantitative estimate of drug-likeness (QED) is 0.886. The third-order valence-corrected chi connectivity index (χ3v) is 3.00. The second-order valence-electron chi connectivity index (χ2n) is 4.60. The fourth-order valence-electron chi connectivity index (χ4n) is 1.89. The fraction of sp³-hybridized carbons (Fsp3) is 0.267. The highest BCUT2D eigenvalue weighted by Crippen LogP contribution is 2.26. The minimum atomic E-state index is -0.221. The van der Waals surface area contributed by atoms with Crippen LogP contribution in [0.1, 0.15) is 11.3 Å². The van der Waals surface area contributed by atoms with Crippen molar-refractivity contribution < 1.29 is 19.1 Å². The standard InChI is InChI=1S/C15H18N2O4/c1-17(15(19)16-9-12-4-3-7-21-12)10-11-5-6-14(20-2)13(18)8-11/h3-8,18H,9-10H2,1-2H3,(H,16,19). The van der Waals surface area contributed by atoms with E-state index >= 15 is 0 Å². The lowest BCUT2D eigenvalue weighted by molar-refractivity contribution is 0.205. The summed E-state index contributed by atoms with van der Waals surface area (Å²) in [5, 5.41) is 12.5. The number of urea groups is 1. The van der Waals surface area contributed by atoms with Gasteiger partial charge in [-0.15, -0.1) is 0 Å². The van der Waals surface area contributed by atoms with E-state index in [1.807, 2.05) is 0 Å². The maximum atomic E-state index is 11.9. The van der Waals surface area contributed by atoms with Crippen molar-refractivity contribution in [3.05, 3.63) is 47.9 Å². The Bertz CT molecular complexity index is 596. The Morgan fingerprint density at radius 3 is 2.86 bits per heavy atom. The number of aromatic hydroxyl groups is 1. The summed E-state index contributed by atoms with van der Waals surface area (Å²) in [7, 11) is 3.17. The number of ether oxygens (including phenoxy) is 1. The molecule has 2 rings (SSSR count). The van der Waals surface area contributed by atoms with Crippen LogP contribution in [0.3, 0.4) is 0 Å². The molecule has 0 bridgehead atoms. The number of carbonyl (C=O) groups is 1. The van der Waals surface area contributed by atoms with Crippen molar-refractivity contribution in [1.82, 2.24) is 10.2 Å². The molecule has 0 atom stereocenters. The minimum absolute atomic E-state index is 0.0550. The summed E-state index contributed by atoms with van der Waals surface area (Å²) in [6.45, 7) is 0.714. The van der Waals surface area contributed by atoms with Crippen molar-refractivity contribution in [2.45, 2.75) is 13.1 Å². The van der Waals surface area contributed by atoms with Crippen LogP contribution in [0.4, 0.5) is 4.79 Å². The number of methoxy groups -OCH3 is 1. The number of phenolic OH excluding ortho intramolecular Hbond substituents is 1. The topological polar surface area (TPSA) is 74.9 Å². The molecule has 1 aromatic carbocycles. The molecule has 0 fully saturated rings. The monoisotopic (exact) mass is 290 g/mol. The molecule has 2 amide bonds. The molecule has 0 aliphatic rings. The number of rotatable bonds is 5. The SMILES string of the molecule is COc1ccc(CN(C)C(=O)NCc2ccco2)cc1O. The molecule has 0 saturated carbocycles. The molecule has 1 heterocycles. The van der Waals surface area contributed by atoms with Gasteiger partial charge < -0.3 is 24.5 Å². The molecule has 0 radical (unpaired) electrons. The van der Waals surface area contributed by atoms with Gasteiger partial charge in [-0.25, -0.2) is 4.79 Å². The molecular weight excluding hydrogens is 272 g/mol. The average molecular weight is 290 g/mol. The lowest BCUT2D eigenvalue weighted by Crippen LogP contribution is -2.36. The van der Waals surface area contributed by atoms with Crippen molar-refractivity contribution in [2.24, 2.45) is 0 Å². The minimum Gasteiger partial charge on any atom is -0.504 e. The van der Waals surface area contributed by atoms with E-state index < -0.39 is 0 Å². The molecule has 6 heteroatoms. The molecule has 0 spiro atoms. The number of hydrogen-bond donors (Lipinski definition) is 2. The molecule has 6 nitrogen and oxygen atoms in total. The maximum absolute atomic E-state index is 11.9. The van der Waals surface area contributed by atoms with E-state index in [-0.39, 0.29) is 11.8 Å². The van der Waals surface area contributed by atoms with Gasteiger partial charge >= 0.3 is 6.03 Å². The smallest absolute Gasteiger partial charge is 0.317 e. The fourth-order valence-corrected chi connectivity index (χ4v) is 1.89. The number of benzene rings is 1. The Balaban J connectivity index is 1.89. The van der Waals surface area contributed by atoms with E-state index in [9.17, 15) is 9.90 Å². The van der Waals surface area contributed by atoms with Crippen LogP contribution in [0.25, 0.3) is 0 Å². The van der Waals surface area contributed by atoms with Crippen LogP contribution >= 0.6 is 0 Å². The van der Waals surface area contributed by atoms with Gasteiger partial charge in [-0.05, 0) is 29.8 Å². The van der Waals surface area contributed by atoms with Gasteiger partial charge in [0, 0.05) is 13.6 Å². The third kappa shape index (κ3) is 3.92. The largest absolute Gasteiger partial charge is 0.504 e. The summed E-state index contributed by atoms with van der Waals surface area (Å²) in [6.07, 6.45) is 1.56. The van der Waals surface area contributed by atoms with Gasteiger partial charge in [0.1, 0.15) is 5.76 Å². The van der Waals surface area contributed by atoms with Gasteiger partial charge in [0.15, 0.2) is 11.5 Å². The number of nitrogens with zero attached hydrogens (tertiary/aromatic N) is 1. The van der Waals surface area contributed by atoms with E-state index in [2.05, 4.69) is 5.32 Å². The van der Waals surface area contributed by atoms with Crippen LogP contribution in [-0.4, -0.2) is 30.2 Å². The van der Waals surface area contributed by atoms with Gasteiger partial charge in [-0.2, -0.15) is 0 Å². The van der Waals surface area contributed by atoms with Crippen molar-refractivity contribution in [1.29, 1.82) is 0 Å². The summed E-state index contributed by atoms with van der Waals surface area (Å²) in [6, 6.07) is 8.39. The van der Waals surface area contributed by atoms with E-state index in [4.69, 9.17) is 9.15 Å².